The molecular weight excluding hydrogens is 280 g/mol. The summed E-state index contributed by atoms with van der Waals surface area (Å²) in [6.07, 6.45) is 1.65. The third kappa shape index (κ3) is 3.79. The van der Waals surface area contributed by atoms with Gasteiger partial charge in [0.05, 0.1) is 0 Å². The van der Waals surface area contributed by atoms with Gasteiger partial charge < -0.3 is 10.5 Å². The first-order valence-electron chi connectivity index (χ1n) is 6.82. The van der Waals surface area contributed by atoms with Crippen LogP contribution in [0.3, 0.4) is 0 Å². The van der Waals surface area contributed by atoms with Crippen LogP contribution >= 0.6 is 12.2 Å². The van der Waals surface area contributed by atoms with E-state index in [1.165, 1.54) is 0 Å². The molecule has 1 aromatic heterocycles. The van der Waals surface area contributed by atoms with Gasteiger partial charge in [-0.2, -0.15) is 0 Å². The third-order valence-electron chi connectivity index (χ3n) is 3.16. The Kier molecular flexibility index (Phi) is 4.28. The number of nitrogens with two attached hydrogens (primary N) is 1. The second kappa shape index (κ2) is 5.82. The van der Waals surface area contributed by atoms with Gasteiger partial charge in [0, 0.05) is 17.8 Å². The number of nitrogens with zero attached hydrogens (tertiary/aromatic N) is 1. The van der Waals surface area contributed by atoms with Gasteiger partial charge in [0.15, 0.2) is 0 Å². The van der Waals surface area contributed by atoms with Gasteiger partial charge >= 0.3 is 0 Å². The number of pyridine rings is 1. The zero-order valence-corrected chi connectivity index (χ0v) is 13.6. The smallest absolute Gasteiger partial charge is 0.131 e. The highest BCUT2D eigenvalue weighted by Crippen LogP contribution is 2.34. The van der Waals surface area contributed by atoms with Gasteiger partial charge in [0.25, 0.3) is 0 Å². The van der Waals surface area contributed by atoms with E-state index in [1.807, 2.05) is 13.0 Å². The van der Waals surface area contributed by atoms with E-state index < -0.39 is 0 Å². The molecule has 1 heterocycles. The molecule has 0 unspecified atom stereocenters. The lowest BCUT2D eigenvalue weighted by atomic mass is 9.86. The highest BCUT2D eigenvalue weighted by molar-refractivity contribution is 7.80. The molecule has 0 aliphatic rings. The maximum absolute atomic E-state index is 6.05. The zero-order valence-electron chi connectivity index (χ0n) is 12.8. The first-order valence-corrected chi connectivity index (χ1v) is 7.23. The average molecular weight is 300 g/mol. The summed E-state index contributed by atoms with van der Waals surface area (Å²) in [6.45, 7) is 8.54. The van der Waals surface area contributed by atoms with Gasteiger partial charge in [-0.1, -0.05) is 45.1 Å². The lowest BCUT2D eigenvalue weighted by molar-refractivity contribution is 0.454. The van der Waals surface area contributed by atoms with Crippen molar-refractivity contribution in [1.82, 2.24) is 4.98 Å². The number of aromatic nitrogens is 1. The summed E-state index contributed by atoms with van der Waals surface area (Å²) in [4.78, 5) is 4.39. The molecule has 2 rings (SSSR count). The van der Waals surface area contributed by atoms with Gasteiger partial charge in [-0.25, -0.2) is 0 Å². The molecule has 0 bridgehead atoms. The average Bonchev–Trinajstić information content (AvgIpc) is 2.37. The Bertz CT molecular complexity index is 675. The van der Waals surface area contributed by atoms with Crippen LogP contribution in [0.2, 0.25) is 0 Å². The topological polar surface area (TPSA) is 48.1 Å². The summed E-state index contributed by atoms with van der Waals surface area (Å²) in [7, 11) is 0. The summed E-state index contributed by atoms with van der Waals surface area (Å²) in [5.41, 5.74) is 8.49. The molecule has 0 radical (unpaired) electrons. The van der Waals surface area contributed by atoms with Crippen molar-refractivity contribution in [3.05, 3.63) is 53.3 Å². The van der Waals surface area contributed by atoms with Crippen molar-refractivity contribution in [2.24, 2.45) is 5.73 Å². The molecule has 0 amide bonds. The van der Waals surface area contributed by atoms with E-state index in [1.54, 1.807) is 18.3 Å². The lowest BCUT2D eigenvalue weighted by Gasteiger charge is -2.23. The first kappa shape index (κ1) is 15.4. The molecule has 110 valence electrons. The van der Waals surface area contributed by atoms with E-state index in [2.05, 4.69) is 37.9 Å². The molecule has 2 N–H and O–H groups in total. The van der Waals surface area contributed by atoms with Crippen molar-refractivity contribution in [2.75, 3.05) is 0 Å². The molecule has 0 spiro atoms. The molecule has 4 heteroatoms. The van der Waals surface area contributed by atoms with Crippen molar-refractivity contribution in [3.63, 3.8) is 0 Å². The summed E-state index contributed by atoms with van der Waals surface area (Å²) in [5, 5.41) is 0. The summed E-state index contributed by atoms with van der Waals surface area (Å²) >= 11 is 4.95. The normalized spacial score (nSPS) is 11.2. The Morgan fingerprint density at radius 3 is 2.52 bits per heavy atom. The molecule has 21 heavy (non-hydrogen) atoms. The highest BCUT2D eigenvalue weighted by atomic mass is 32.1. The standard InChI is InChI=1S/C17H20N2OS/c1-11-5-6-13(17(2,3)4)15(9-11)20-12-7-8-19-14(10-12)16(18)21/h5-10H,1-4H3,(H2,18,21). The summed E-state index contributed by atoms with van der Waals surface area (Å²) in [5.74, 6) is 1.53. The SMILES string of the molecule is Cc1ccc(C(C)(C)C)c(Oc2ccnc(C(N)=S)c2)c1. The predicted octanol–water partition coefficient (Wildman–Crippen LogP) is 4.11. The van der Waals surface area contributed by atoms with Crippen molar-refractivity contribution < 1.29 is 4.74 Å². The molecule has 2 aromatic rings. The molecule has 3 nitrogen and oxygen atoms in total. The minimum Gasteiger partial charge on any atom is -0.457 e. The van der Waals surface area contributed by atoms with Crippen LogP contribution in [0.4, 0.5) is 0 Å². The molecule has 1 aromatic carbocycles. The minimum absolute atomic E-state index is 0.00205. The van der Waals surface area contributed by atoms with E-state index in [-0.39, 0.29) is 10.4 Å². The Labute approximate surface area is 131 Å². The van der Waals surface area contributed by atoms with Gasteiger partial charge in [0.2, 0.25) is 0 Å². The number of hydrogen-bond acceptors (Lipinski definition) is 3. The lowest BCUT2D eigenvalue weighted by Crippen LogP contribution is -2.13. The Morgan fingerprint density at radius 2 is 1.90 bits per heavy atom. The largest absolute Gasteiger partial charge is 0.457 e. The Morgan fingerprint density at radius 1 is 1.19 bits per heavy atom. The van der Waals surface area contributed by atoms with E-state index in [0.29, 0.717) is 11.4 Å². The van der Waals surface area contributed by atoms with E-state index >= 15 is 0 Å². The number of ether oxygens (including phenoxy) is 1. The van der Waals surface area contributed by atoms with Crippen LogP contribution in [0.25, 0.3) is 0 Å². The maximum Gasteiger partial charge on any atom is 0.131 e. The number of thiocarbonyl (C=S) groups is 1. The van der Waals surface area contributed by atoms with Crippen LogP contribution in [-0.2, 0) is 5.41 Å². The van der Waals surface area contributed by atoms with Gasteiger partial charge in [-0.3, -0.25) is 4.98 Å². The molecule has 0 aliphatic heterocycles. The first-order chi connectivity index (χ1) is 9.77. The second-order valence-electron chi connectivity index (χ2n) is 6.09. The van der Waals surface area contributed by atoms with Crippen molar-refractivity contribution in [2.45, 2.75) is 33.1 Å². The zero-order chi connectivity index (χ0) is 15.6. The number of benzene rings is 1. The van der Waals surface area contributed by atoms with E-state index in [4.69, 9.17) is 22.7 Å². The van der Waals surface area contributed by atoms with Gasteiger partial charge in [-0.15, -0.1) is 0 Å². The van der Waals surface area contributed by atoms with Crippen LogP contribution in [0.5, 0.6) is 11.5 Å². The molecule has 0 aliphatic carbocycles. The van der Waals surface area contributed by atoms with Crippen LogP contribution in [-0.4, -0.2) is 9.97 Å². The number of aryl methyl sites for hydroxylation is 1. The van der Waals surface area contributed by atoms with E-state index in [0.717, 1.165) is 16.9 Å². The monoisotopic (exact) mass is 300 g/mol. The molecule has 0 saturated heterocycles. The van der Waals surface area contributed by atoms with Crippen LogP contribution in [0, 0.1) is 6.92 Å². The van der Waals surface area contributed by atoms with Crippen LogP contribution in [0.15, 0.2) is 36.5 Å². The molecular formula is C17H20N2OS. The highest BCUT2D eigenvalue weighted by Gasteiger charge is 2.19. The fourth-order valence-corrected chi connectivity index (χ4v) is 2.18. The second-order valence-corrected chi connectivity index (χ2v) is 6.53. The van der Waals surface area contributed by atoms with E-state index in [9.17, 15) is 0 Å². The molecule has 0 saturated carbocycles. The third-order valence-corrected chi connectivity index (χ3v) is 3.37. The van der Waals surface area contributed by atoms with Crippen LogP contribution < -0.4 is 10.5 Å². The van der Waals surface area contributed by atoms with Gasteiger partial charge in [0.1, 0.15) is 22.2 Å². The van der Waals surface area contributed by atoms with Crippen LogP contribution in [0.1, 0.15) is 37.6 Å². The minimum atomic E-state index is 0.00205. The number of hydrogen-bond donors (Lipinski definition) is 1. The fraction of sp³-hybridized carbons (Fsp3) is 0.294. The van der Waals surface area contributed by atoms with Gasteiger partial charge in [-0.05, 0) is 30.0 Å². The Hall–Kier alpha value is -1.94. The van der Waals surface area contributed by atoms with Crippen molar-refractivity contribution >= 4 is 17.2 Å². The number of rotatable bonds is 3. The van der Waals surface area contributed by atoms with Crippen molar-refractivity contribution in [1.29, 1.82) is 0 Å². The Balaban J connectivity index is 2.41. The van der Waals surface area contributed by atoms with Crippen molar-refractivity contribution in [3.8, 4) is 11.5 Å². The quantitative estimate of drug-likeness (QED) is 0.866. The fourth-order valence-electron chi connectivity index (χ4n) is 2.07. The summed E-state index contributed by atoms with van der Waals surface area (Å²) < 4.78 is 6.05. The molecule has 0 atom stereocenters. The summed E-state index contributed by atoms with van der Waals surface area (Å²) in [6, 6.07) is 9.82. The predicted molar refractivity (Wildman–Crippen MR) is 90.1 cm³/mol. The molecule has 0 fully saturated rings. The maximum atomic E-state index is 6.05.